The van der Waals surface area contributed by atoms with Crippen LogP contribution in [0.1, 0.15) is 34.6 Å². The van der Waals surface area contributed by atoms with Crippen molar-refractivity contribution < 1.29 is 32.5 Å². The molecule has 0 saturated carbocycles. The Bertz CT molecular complexity index is 909. The molecule has 0 fully saturated rings. The summed E-state index contributed by atoms with van der Waals surface area (Å²) in [7, 11) is -5.46. The van der Waals surface area contributed by atoms with Crippen LogP contribution in [0.2, 0.25) is 18.1 Å². The first kappa shape index (κ1) is 26.7. The van der Waals surface area contributed by atoms with E-state index in [1.165, 1.54) is 0 Å². The topological polar surface area (TPSA) is 145 Å². The molecule has 0 spiro atoms. The Morgan fingerprint density at radius 1 is 1.19 bits per heavy atom. The number of H-pyrrole nitrogens is 2. The number of anilines is 1. The second-order valence-corrected chi connectivity index (χ2v) is 15.6. The summed E-state index contributed by atoms with van der Waals surface area (Å²) in [4.78, 5) is 14.4. The van der Waals surface area contributed by atoms with Gasteiger partial charge in [-0.3, -0.25) is 9.55 Å². The summed E-state index contributed by atoms with van der Waals surface area (Å²) in [5.41, 5.74) is 7.11. The molecular formula is C19H37N5O6PSi+. The Labute approximate surface area is 190 Å². The van der Waals surface area contributed by atoms with Gasteiger partial charge in [0, 0.05) is 0 Å². The van der Waals surface area contributed by atoms with Gasteiger partial charge < -0.3 is 28.7 Å². The molecule has 0 aromatic carbocycles. The van der Waals surface area contributed by atoms with E-state index in [0.29, 0.717) is 11.2 Å². The third-order valence-electron chi connectivity index (χ3n) is 5.21. The molecule has 2 heterocycles. The number of nitrogens with zero attached hydrogens (tertiary/aromatic N) is 2. The first-order chi connectivity index (χ1) is 14.9. The minimum Gasteiger partial charge on any atom is -0.448 e. The first-order valence-electron chi connectivity index (χ1n) is 10.7. The van der Waals surface area contributed by atoms with Gasteiger partial charge in [0.1, 0.15) is 19.1 Å². The SMILES string of the molecule is CCOP(=O)(COCC(COc1nc(N)c2[nH]c[nH+]c2n1)O[Si](C)(C)C(C)(C)C)OCC. The fourth-order valence-electron chi connectivity index (χ4n) is 2.62. The molecule has 0 aliphatic heterocycles. The van der Waals surface area contributed by atoms with Gasteiger partial charge in [-0.2, -0.15) is 4.98 Å². The number of nitrogens with one attached hydrogen (secondary N) is 2. The summed E-state index contributed by atoms with van der Waals surface area (Å²) in [6.07, 6.45) is 1.01. The van der Waals surface area contributed by atoms with Crippen LogP contribution in [0.4, 0.5) is 5.82 Å². The van der Waals surface area contributed by atoms with E-state index in [2.05, 4.69) is 53.8 Å². The van der Waals surface area contributed by atoms with Crippen LogP contribution in [0.25, 0.3) is 11.2 Å². The third kappa shape index (κ3) is 7.22. The van der Waals surface area contributed by atoms with Crippen molar-refractivity contribution in [2.75, 3.05) is 38.5 Å². The second kappa shape index (κ2) is 11.0. The van der Waals surface area contributed by atoms with E-state index in [1.54, 1.807) is 20.2 Å². The lowest BCUT2D eigenvalue weighted by Gasteiger charge is -2.39. The molecule has 13 heteroatoms. The zero-order valence-electron chi connectivity index (χ0n) is 20.1. The highest BCUT2D eigenvalue weighted by Crippen LogP contribution is 2.48. The number of ether oxygens (including phenoxy) is 2. The summed E-state index contributed by atoms with van der Waals surface area (Å²) in [6.45, 7) is 15.1. The van der Waals surface area contributed by atoms with Crippen LogP contribution in [0.15, 0.2) is 6.33 Å². The standard InChI is InChI=1S/C19H36N5O6PSi/c1-8-28-31(25,29-9-2)13-26-10-14(30-32(6,7)19(3,4)5)11-27-18-23-16(20)15-17(24-18)22-12-21-15/h12,14H,8-11,13H2,1-7H3,(H3,20,21,22,23,24)/p+1. The number of fused-ring (bicyclic) bond motifs is 1. The van der Waals surface area contributed by atoms with E-state index < -0.39 is 22.0 Å². The number of nitrogen functional groups attached to an aromatic ring is 1. The molecule has 0 radical (unpaired) electrons. The van der Waals surface area contributed by atoms with Gasteiger partial charge in [-0.15, -0.1) is 0 Å². The van der Waals surface area contributed by atoms with Gasteiger partial charge in [-0.25, -0.2) is 4.98 Å². The zero-order valence-corrected chi connectivity index (χ0v) is 22.0. The number of nitrogens with two attached hydrogens (primary N) is 1. The van der Waals surface area contributed by atoms with Crippen molar-refractivity contribution in [3.05, 3.63) is 6.33 Å². The van der Waals surface area contributed by atoms with E-state index in [0.717, 1.165) is 0 Å². The molecule has 0 bridgehead atoms. The Balaban J connectivity index is 2.10. The molecule has 0 saturated heterocycles. The highest BCUT2D eigenvalue weighted by atomic mass is 31.2. The van der Waals surface area contributed by atoms with Crippen molar-refractivity contribution in [1.29, 1.82) is 0 Å². The largest absolute Gasteiger partial charge is 0.448 e. The van der Waals surface area contributed by atoms with Crippen LogP contribution in [0.5, 0.6) is 6.01 Å². The van der Waals surface area contributed by atoms with Crippen LogP contribution < -0.4 is 15.5 Å². The molecule has 0 aliphatic carbocycles. The molecule has 182 valence electrons. The van der Waals surface area contributed by atoms with Crippen LogP contribution in [0, 0.1) is 0 Å². The van der Waals surface area contributed by atoms with Crippen molar-refractivity contribution in [3.63, 3.8) is 0 Å². The monoisotopic (exact) mass is 490 g/mol. The van der Waals surface area contributed by atoms with Crippen molar-refractivity contribution in [3.8, 4) is 6.01 Å². The molecule has 1 atom stereocenters. The van der Waals surface area contributed by atoms with E-state index in [4.69, 9.17) is 28.7 Å². The van der Waals surface area contributed by atoms with Crippen LogP contribution in [-0.4, -0.2) is 62.1 Å². The zero-order chi connectivity index (χ0) is 24.0. The Hall–Kier alpha value is -1.56. The lowest BCUT2D eigenvalue weighted by Crippen LogP contribution is -2.46. The molecule has 0 amide bonds. The maximum atomic E-state index is 12.7. The summed E-state index contributed by atoms with van der Waals surface area (Å²) >= 11 is 0. The van der Waals surface area contributed by atoms with E-state index >= 15 is 0 Å². The van der Waals surface area contributed by atoms with Crippen LogP contribution in [-0.2, 0) is 22.8 Å². The van der Waals surface area contributed by atoms with Gasteiger partial charge in [0.25, 0.3) is 0 Å². The maximum absolute atomic E-state index is 12.7. The minimum absolute atomic E-state index is 0.0168. The number of aromatic nitrogens is 4. The third-order valence-corrected chi connectivity index (χ3v) is 11.5. The fraction of sp³-hybridized carbons (Fsp3) is 0.737. The molecule has 11 nitrogen and oxygen atoms in total. The van der Waals surface area contributed by atoms with Crippen LogP contribution in [0.3, 0.4) is 0 Å². The highest BCUT2D eigenvalue weighted by Gasteiger charge is 2.39. The molecular weight excluding hydrogens is 453 g/mol. The minimum atomic E-state index is -3.32. The molecule has 1 unspecified atom stereocenters. The van der Waals surface area contributed by atoms with E-state index in [-0.39, 0.29) is 49.6 Å². The Morgan fingerprint density at radius 2 is 1.84 bits per heavy atom. The lowest BCUT2D eigenvalue weighted by atomic mass is 10.2. The predicted octanol–water partition coefficient (Wildman–Crippen LogP) is 3.36. The Morgan fingerprint density at radius 3 is 2.44 bits per heavy atom. The summed E-state index contributed by atoms with van der Waals surface area (Å²) in [6, 6.07) is 0.129. The number of imidazole rings is 1. The lowest BCUT2D eigenvalue weighted by molar-refractivity contribution is -0.347. The van der Waals surface area contributed by atoms with Crippen LogP contribution >= 0.6 is 7.60 Å². The Kier molecular flexibility index (Phi) is 9.21. The van der Waals surface area contributed by atoms with Gasteiger partial charge >= 0.3 is 19.3 Å². The first-order valence-corrected chi connectivity index (χ1v) is 15.3. The maximum Gasteiger partial charge on any atom is 0.397 e. The summed E-state index contributed by atoms with van der Waals surface area (Å²) < 4.78 is 41.3. The smallest absolute Gasteiger partial charge is 0.397 e. The molecule has 2 aromatic rings. The van der Waals surface area contributed by atoms with Gasteiger partial charge in [-0.05, 0) is 37.0 Å². The number of aromatic amines is 2. The van der Waals surface area contributed by atoms with E-state index in [1.807, 2.05) is 0 Å². The fourth-order valence-corrected chi connectivity index (χ4v) is 5.29. The van der Waals surface area contributed by atoms with Gasteiger partial charge in [0.05, 0.1) is 19.8 Å². The van der Waals surface area contributed by atoms with Crippen molar-refractivity contribution >= 4 is 32.9 Å². The summed E-state index contributed by atoms with van der Waals surface area (Å²) in [5.74, 6) is 0.277. The number of hydrogen-bond donors (Lipinski definition) is 2. The highest BCUT2D eigenvalue weighted by molar-refractivity contribution is 7.53. The number of rotatable bonds is 13. The average molecular weight is 491 g/mol. The van der Waals surface area contributed by atoms with Gasteiger partial charge in [0.15, 0.2) is 20.5 Å². The van der Waals surface area contributed by atoms with Crippen molar-refractivity contribution in [2.45, 2.75) is 58.9 Å². The molecule has 32 heavy (non-hydrogen) atoms. The van der Waals surface area contributed by atoms with Crippen molar-refractivity contribution in [2.24, 2.45) is 0 Å². The van der Waals surface area contributed by atoms with E-state index in [9.17, 15) is 4.57 Å². The van der Waals surface area contributed by atoms with Gasteiger partial charge in [-0.1, -0.05) is 20.8 Å². The molecule has 2 aromatic heterocycles. The van der Waals surface area contributed by atoms with Gasteiger partial charge in [0.2, 0.25) is 5.52 Å². The quantitative estimate of drug-likeness (QED) is 0.319. The second-order valence-electron chi connectivity index (χ2n) is 8.81. The molecule has 2 rings (SSSR count). The predicted molar refractivity (Wildman–Crippen MR) is 124 cm³/mol. The normalized spacial score (nSPS) is 14.1. The average Bonchev–Trinajstić information content (AvgIpc) is 3.14. The summed E-state index contributed by atoms with van der Waals surface area (Å²) in [5, 5.41) is -0.0168. The van der Waals surface area contributed by atoms with Crippen molar-refractivity contribution in [1.82, 2.24) is 15.0 Å². The number of hydrogen-bond acceptors (Lipinski definition) is 9. The molecule has 0 aliphatic rings. The molecule has 4 N–H and O–H groups in total.